The number of hydrogen-bond acceptors (Lipinski definition) is 3. The molecule has 0 spiro atoms. The molecular formula is C19H22FN3O3. The van der Waals surface area contributed by atoms with E-state index in [-0.39, 0.29) is 17.8 Å². The van der Waals surface area contributed by atoms with Crippen molar-refractivity contribution < 1.29 is 18.7 Å². The third-order valence-corrected chi connectivity index (χ3v) is 3.69. The van der Waals surface area contributed by atoms with Gasteiger partial charge in [0.1, 0.15) is 11.6 Å². The van der Waals surface area contributed by atoms with Crippen LogP contribution in [0.3, 0.4) is 0 Å². The molecule has 6 nitrogen and oxygen atoms in total. The van der Waals surface area contributed by atoms with Gasteiger partial charge >= 0.3 is 6.03 Å². The first-order chi connectivity index (χ1) is 12.4. The smallest absolute Gasteiger partial charge is 0.316 e. The predicted molar refractivity (Wildman–Crippen MR) is 97.8 cm³/mol. The summed E-state index contributed by atoms with van der Waals surface area (Å²) in [5.74, 6) is -0.135. The highest BCUT2D eigenvalue weighted by Gasteiger charge is 2.11. The van der Waals surface area contributed by atoms with Gasteiger partial charge in [0.15, 0.2) is 0 Å². The number of halogens is 1. The molecule has 0 aliphatic carbocycles. The predicted octanol–water partition coefficient (Wildman–Crippen LogP) is 2.50. The minimum atomic E-state index is -0.382. The first-order valence-corrected chi connectivity index (χ1v) is 8.09. The molecule has 0 unspecified atom stereocenters. The maximum absolute atomic E-state index is 13.6. The average molecular weight is 359 g/mol. The third-order valence-electron chi connectivity index (χ3n) is 3.69. The van der Waals surface area contributed by atoms with E-state index in [0.29, 0.717) is 35.5 Å². The molecule has 0 saturated heterocycles. The Labute approximate surface area is 152 Å². The zero-order chi connectivity index (χ0) is 19.1. The van der Waals surface area contributed by atoms with Gasteiger partial charge in [-0.15, -0.1) is 0 Å². The molecule has 26 heavy (non-hydrogen) atoms. The molecule has 0 saturated carbocycles. The van der Waals surface area contributed by atoms with Gasteiger partial charge in [-0.25, -0.2) is 9.18 Å². The lowest BCUT2D eigenvalue weighted by molar-refractivity contribution is 0.0953. The first-order valence-electron chi connectivity index (χ1n) is 8.09. The molecule has 0 aromatic heterocycles. The van der Waals surface area contributed by atoms with Crippen LogP contribution in [0, 0.1) is 5.82 Å². The lowest BCUT2D eigenvalue weighted by atomic mass is 10.0. The Kier molecular flexibility index (Phi) is 6.54. The molecule has 0 aliphatic rings. The molecule has 2 rings (SSSR count). The lowest BCUT2D eigenvalue weighted by Crippen LogP contribution is -2.39. The monoisotopic (exact) mass is 359 g/mol. The summed E-state index contributed by atoms with van der Waals surface area (Å²) in [6.07, 6.45) is 0. The summed E-state index contributed by atoms with van der Waals surface area (Å²) in [6.45, 7) is 0.617. The Morgan fingerprint density at radius 2 is 1.81 bits per heavy atom. The summed E-state index contributed by atoms with van der Waals surface area (Å²) in [7, 11) is 4.79. The quantitative estimate of drug-likeness (QED) is 0.779. The second-order valence-corrected chi connectivity index (χ2v) is 5.81. The van der Waals surface area contributed by atoms with Crippen molar-refractivity contribution in [3.8, 4) is 16.9 Å². The maximum atomic E-state index is 13.6. The standard InChI is InChI=1S/C19H22FN3O3/c1-23(2)19(25)22-10-9-21-18(24)14-6-4-5-13(11-14)16-12-15(20)7-8-17(16)26-3/h4-8,11-12H,9-10H2,1-3H3,(H,21,24)(H,22,25). The van der Waals surface area contributed by atoms with Gasteiger partial charge in [-0.05, 0) is 35.9 Å². The number of urea groups is 1. The lowest BCUT2D eigenvalue weighted by Gasteiger charge is -2.13. The fourth-order valence-corrected chi connectivity index (χ4v) is 2.34. The number of benzene rings is 2. The topological polar surface area (TPSA) is 70.7 Å². The van der Waals surface area contributed by atoms with E-state index in [1.165, 1.54) is 24.1 Å². The van der Waals surface area contributed by atoms with Crippen LogP contribution >= 0.6 is 0 Å². The number of ether oxygens (including phenoxy) is 1. The zero-order valence-electron chi connectivity index (χ0n) is 15.0. The zero-order valence-corrected chi connectivity index (χ0v) is 15.0. The van der Waals surface area contributed by atoms with Crippen LogP contribution in [-0.4, -0.2) is 51.1 Å². The van der Waals surface area contributed by atoms with Crippen LogP contribution in [-0.2, 0) is 0 Å². The molecule has 2 aromatic carbocycles. The van der Waals surface area contributed by atoms with E-state index in [0.717, 1.165) is 0 Å². The van der Waals surface area contributed by atoms with Gasteiger partial charge in [0.25, 0.3) is 5.91 Å². The summed E-state index contributed by atoms with van der Waals surface area (Å²) in [4.78, 5) is 25.1. The number of nitrogens with one attached hydrogen (secondary N) is 2. The van der Waals surface area contributed by atoms with E-state index in [2.05, 4.69) is 10.6 Å². The average Bonchev–Trinajstić information content (AvgIpc) is 2.64. The second-order valence-electron chi connectivity index (χ2n) is 5.81. The van der Waals surface area contributed by atoms with E-state index in [1.807, 2.05) is 0 Å². The van der Waals surface area contributed by atoms with E-state index in [9.17, 15) is 14.0 Å². The van der Waals surface area contributed by atoms with E-state index < -0.39 is 0 Å². The van der Waals surface area contributed by atoms with Crippen LogP contribution in [0.15, 0.2) is 42.5 Å². The van der Waals surface area contributed by atoms with Gasteiger partial charge in [0.2, 0.25) is 0 Å². The molecule has 7 heteroatoms. The van der Waals surface area contributed by atoms with Gasteiger partial charge in [0, 0.05) is 38.3 Å². The van der Waals surface area contributed by atoms with E-state index in [4.69, 9.17) is 4.74 Å². The highest BCUT2D eigenvalue weighted by Crippen LogP contribution is 2.31. The molecule has 0 aliphatic heterocycles. The molecule has 0 fully saturated rings. The van der Waals surface area contributed by atoms with Crippen LogP contribution in [0.5, 0.6) is 5.75 Å². The van der Waals surface area contributed by atoms with Crippen molar-refractivity contribution in [2.75, 3.05) is 34.3 Å². The van der Waals surface area contributed by atoms with Crippen molar-refractivity contribution in [1.29, 1.82) is 0 Å². The Bertz CT molecular complexity index is 793. The largest absolute Gasteiger partial charge is 0.496 e. The Morgan fingerprint density at radius 3 is 2.50 bits per heavy atom. The van der Waals surface area contributed by atoms with Crippen LogP contribution < -0.4 is 15.4 Å². The van der Waals surface area contributed by atoms with Crippen molar-refractivity contribution in [2.45, 2.75) is 0 Å². The summed E-state index contributed by atoms with van der Waals surface area (Å²) in [5, 5.41) is 5.40. The van der Waals surface area contributed by atoms with E-state index in [1.54, 1.807) is 44.4 Å². The van der Waals surface area contributed by atoms with Gasteiger partial charge in [0.05, 0.1) is 7.11 Å². The second kappa shape index (κ2) is 8.84. The first kappa shape index (κ1) is 19.2. The number of amides is 3. The van der Waals surface area contributed by atoms with Crippen LogP contribution in [0.1, 0.15) is 10.4 Å². The number of rotatable bonds is 6. The number of carbonyl (C=O) groups excluding carboxylic acids is 2. The SMILES string of the molecule is COc1ccc(F)cc1-c1cccc(C(=O)NCCNC(=O)N(C)C)c1. The van der Waals surface area contributed by atoms with Gasteiger partial charge in [-0.2, -0.15) is 0 Å². The molecule has 2 aromatic rings. The summed E-state index contributed by atoms with van der Waals surface area (Å²) >= 11 is 0. The van der Waals surface area contributed by atoms with Crippen molar-refractivity contribution in [2.24, 2.45) is 0 Å². The number of nitrogens with zero attached hydrogens (tertiary/aromatic N) is 1. The summed E-state index contributed by atoms with van der Waals surface area (Å²) in [5.41, 5.74) is 1.68. The van der Waals surface area contributed by atoms with Crippen molar-refractivity contribution >= 4 is 11.9 Å². The molecule has 0 bridgehead atoms. The molecule has 3 amide bonds. The third kappa shape index (κ3) is 4.95. The van der Waals surface area contributed by atoms with Crippen LogP contribution in [0.4, 0.5) is 9.18 Å². The molecule has 2 N–H and O–H groups in total. The highest BCUT2D eigenvalue weighted by molar-refractivity contribution is 5.95. The molecule has 0 atom stereocenters. The normalized spacial score (nSPS) is 10.2. The minimum Gasteiger partial charge on any atom is -0.496 e. The molecular weight excluding hydrogens is 337 g/mol. The molecule has 0 heterocycles. The van der Waals surface area contributed by atoms with Crippen molar-refractivity contribution in [1.82, 2.24) is 15.5 Å². The Hall–Kier alpha value is -3.09. The van der Waals surface area contributed by atoms with Crippen LogP contribution in [0.25, 0.3) is 11.1 Å². The number of methoxy groups -OCH3 is 1. The van der Waals surface area contributed by atoms with Gasteiger partial charge < -0.3 is 20.3 Å². The fraction of sp³-hybridized carbons (Fsp3) is 0.263. The Morgan fingerprint density at radius 1 is 1.08 bits per heavy atom. The Balaban J connectivity index is 2.06. The maximum Gasteiger partial charge on any atom is 0.316 e. The van der Waals surface area contributed by atoms with Crippen molar-refractivity contribution in [3.05, 3.63) is 53.8 Å². The van der Waals surface area contributed by atoms with Gasteiger partial charge in [-0.3, -0.25) is 4.79 Å². The highest BCUT2D eigenvalue weighted by atomic mass is 19.1. The fourth-order valence-electron chi connectivity index (χ4n) is 2.34. The minimum absolute atomic E-state index is 0.223. The number of hydrogen-bond donors (Lipinski definition) is 2. The summed E-state index contributed by atoms with van der Waals surface area (Å²) in [6, 6.07) is 10.9. The summed E-state index contributed by atoms with van der Waals surface area (Å²) < 4.78 is 18.8. The molecule has 0 radical (unpaired) electrons. The number of carbonyl (C=O) groups is 2. The molecule has 138 valence electrons. The van der Waals surface area contributed by atoms with Crippen molar-refractivity contribution in [3.63, 3.8) is 0 Å². The van der Waals surface area contributed by atoms with Gasteiger partial charge in [-0.1, -0.05) is 12.1 Å². The van der Waals surface area contributed by atoms with E-state index >= 15 is 0 Å². The van der Waals surface area contributed by atoms with Crippen LogP contribution in [0.2, 0.25) is 0 Å².